The van der Waals surface area contributed by atoms with Crippen LogP contribution in [0.25, 0.3) is 0 Å². The smallest absolute Gasteiger partial charge is 0.275 e. The molecular weight excluding hydrogens is 408 g/mol. The van der Waals surface area contributed by atoms with Gasteiger partial charge in [0.2, 0.25) is 10.0 Å². The third-order valence-corrected chi connectivity index (χ3v) is 6.20. The summed E-state index contributed by atoms with van der Waals surface area (Å²) < 4.78 is 33.2. The highest BCUT2D eigenvalue weighted by Gasteiger charge is 2.23. The van der Waals surface area contributed by atoms with E-state index in [1.165, 1.54) is 13.0 Å². The van der Waals surface area contributed by atoms with Crippen molar-refractivity contribution >= 4 is 33.1 Å². The summed E-state index contributed by atoms with van der Waals surface area (Å²) in [6, 6.07) is 5.72. The summed E-state index contributed by atoms with van der Waals surface area (Å²) in [5.74, 6) is 0.682. The monoisotopic (exact) mass is 426 g/mol. The Kier molecular flexibility index (Phi) is 6.14. The van der Waals surface area contributed by atoms with Crippen molar-refractivity contribution in [3.05, 3.63) is 56.7 Å². The van der Waals surface area contributed by atoms with Crippen molar-refractivity contribution in [2.24, 2.45) is 0 Å². The number of nitro benzene ring substituents is 1. The second-order valence-corrected chi connectivity index (χ2v) is 8.39. The number of nitro groups is 1. The van der Waals surface area contributed by atoms with Crippen molar-refractivity contribution < 1.29 is 18.1 Å². The predicted octanol–water partition coefficient (Wildman–Crippen LogP) is 2.27. The Hall–Kier alpha value is -2.27. The lowest BCUT2D eigenvalue weighted by Gasteiger charge is -2.29. The second-order valence-electron chi connectivity index (χ2n) is 6.22. The van der Waals surface area contributed by atoms with Gasteiger partial charge in [-0.15, -0.1) is 0 Å². The molecule has 0 spiro atoms. The number of halogens is 1. The molecular formula is C17H19ClN4O5S. The highest BCUT2D eigenvalue weighted by molar-refractivity contribution is 7.89. The molecule has 9 nitrogen and oxygen atoms in total. The number of aromatic nitrogens is 1. The summed E-state index contributed by atoms with van der Waals surface area (Å²) in [5.41, 5.74) is 0.566. The highest BCUT2D eigenvalue weighted by atomic mass is 35.5. The van der Waals surface area contributed by atoms with Gasteiger partial charge < -0.3 is 9.64 Å². The Morgan fingerprint density at radius 2 is 2.07 bits per heavy atom. The molecule has 0 atom stereocenters. The van der Waals surface area contributed by atoms with Gasteiger partial charge in [0.15, 0.2) is 0 Å². The second kappa shape index (κ2) is 8.39. The van der Waals surface area contributed by atoms with E-state index in [9.17, 15) is 18.5 Å². The van der Waals surface area contributed by atoms with Crippen LogP contribution < -0.4 is 9.62 Å². The van der Waals surface area contributed by atoms with Gasteiger partial charge in [-0.1, -0.05) is 17.7 Å². The normalized spacial score (nSPS) is 14.9. The van der Waals surface area contributed by atoms with E-state index in [-0.39, 0.29) is 27.7 Å². The van der Waals surface area contributed by atoms with Crippen LogP contribution in [-0.4, -0.2) is 44.6 Å². The Bertz CT molecular complexity index is 993. The Morgan fingerprint density at radius 3 is 2.75 bits per heavy atom. The summed E-state index contributed by atoms with van der Waals surface area (Å²) in [6.07, 6.45) is 1.64. The molecule has 2 aromatic rings. The van der Waals surface area contributed by atoms with Crippen LogP contribution in [0.2, 0.25) is 5.02 Å². The molecule has 1 aromatic carbocycles. The van der Waals surface area contributed by atoms with Gasteiger partial charge in [-0.25, -0.2) is 18.1 Å². The number of rotatable bonds is 6. The molecule has 0 amide bonds. The zero-order valence-corrected chi connectivity index (χ0v) is 16.7. The lowest BCUT2D eigenvalue weighted by molar-refractivity contribution is -0.385. The van der Waals surface area contributed by atoms with Crippen LogP contribution in [0, 0.1) is 17.0 Å². The van der Waals surface area contributed by atoms with E-state index in [2.05, 4.69) is 9.71 Å². The van der Waals surface area contributed by atoms with Crippen molar-refractivity contribution in [1.29, 1.82) is 0 Å². The summed E-state index contributed by atoms with van der Waals surface area (Å²) >= 11 is 5.99. The van der Waals surface area contributed by atoms with Crippen LogP contribution in [0.1, 0.15) is 11.1 Å². The van der Waals surface area contributed by atoms with E-state index >= 15 is 0 Å². The molecule has 150 valence electrons. The molecule has 1 fully saturated rings. The van der Waals surface area contributed by atoms with E-state index in [0.717, 1.165) is 6.07 Å². The molecule has 28 heavy (non-hydrogen) atoms. The van der Waals surface area contributed by atoms with E-state index in [4.69, 9.17) is 16.3 Å². The van der Waals surface area contributed by atoms with Crippen LogP contribution in [0.4, 0.5) is 11.5 Å². The molecule has 11 heteroatoms. The number of nitrogens with zero attached hydrogens (tertiary/aromatic N) is 3. The zero-order valence-electron chi connectivity index (χ0n) is 15.1. The molecule has 0 unspecified atom stereocenters. The number of morpholine rings is 1. The molecule has 1 aliphatic heterocycles. The topological polar surface area (TPSA) is 115 Å². The van der Waals surface area contributed by atoms with Crippen molar-refractivity contribution in [2.45, 2.75) is 18.4 Å². The number of pyridine rings is 1. The molecule has 1 N–H and O–H groups in total. The lowest BCUT2D eigenvalue weighted by Crippen LogP contribution is -2.37. The molecule has 0 bridgehead atoms. The molecule has 1 aromatic heterocycles. The SMILES string of the molecule is Cc1c(Cl)cc(S(=O)(=O)NCc2cccnc2N2CCOCC2)cc1[N+](=O)[O-]. The van der Waals surface area contributed by atoms with E-state index in [1.54, 1.807) is 18.3 Å². The van der Waals surface area contributed by atoms with Gasteiger partial charge >= 0.3 is 0 Å². The first-order chi connectivity index (χ1) is 13.3. The maximum Gasteiger partial charge on any atom is 0.275 e. The standard InChI is InChI=1S/C17H19ClN4O5S/c1-12-15(18)9-14(10-16(12)22(23)24)28(25,26)20-11-13-3-2-4-19-17(13)21-5-7-27-8-6-21/h2-4,9-10,20H,5-8,11H2,1H3. The maximum absolute atomic E-state index is 12.7. The van der Waals surface area contributed by atoms with Crippen LogP contribution in [-0.2, 0) is 21.3 Å². The fourth-order valence-corrected chi connectivity index (χ4v) is 4.20. The van der Waals surface area contributed by atoms with Gasteiger partial charge in [0.1, 0.15) is 5.82 Å². The fraction of sp³-hybridized carbons (Fsp3) is 0.353. The molecule has 3 rings (SSSR count). The number of hydrogen-bond donors (Lipinski definition) is 1. The van der Waals surface area contributed by atoms with Gasteiger partial charge in [0.05, 0.1) is 28.1 Å². The van der Waals surface area contributed by atoms with E-state index in [1.807, 2.05) is 4.90 Å². The highest BCUT2D eigenvalue weighted by Crippen LogP contribution is 2.29. The third-order valence-electron chi connectivity index (χ3n) is 4.43. The number of hydrogen-bond acceptors (Lipinski definition) is 7. The van der Waals surface area contributed by atoms with E-state index < -0.39 is 14.9 Å². The summed E-state index contributed by atoms with van der Waals surface area (Å²) in [4.78, 5) is 16.6. The number of anilines is 1. The minimum atomic E-state index is -4.01. The Balaban J connectivity index is 1.84. The summed E-state index contributed by atoms with van der Waals surface area (Å²) in [7, 11) is -4.01. The summed E-state index contributed by atoms with van der Waals surface area (Å²) in [6.45, 7) is 3.93. The maximum atomic E-state index is 12.7. The first-order valence-corrected chi connectivity index (χ1v) is 10.4. The van der Waals surface area contributed by atoms with Crippen molar-refractivity contribution in [3.63, 3.8) is 0 Å². The number of nitrogens with one attached hydrogen (secondary N) is 1. The number of ether oxygens (including phenoxy) is 1. The van der Waals surface area contributed by atoms with Gasteiger partial charge in [-0.2, -0.15) is 0 Å². The average molecular weight is 427 g/mol. The number of sulfonamides is 1. The largest absolute Gasteiger partial charge is 0.378 e. The fourth-order valence-electron chi connectivity index (χ4n) is 2.87. The quantitative estimate of drug-likeness (QED) is 0.556. The van der Waals surface area contributed by atoms with Crippen molar-refractivity contribution in [2.75, 3.05) is 31.2 Å². The minimum absolute atomic E-state index is 0.0117. The zero-order chi connectivity index (χ0) is 20.3. The first-order valence-electron chi connectivity index (χ1n) is 8.50. The van der Waals surface area contributed by atoms with Gasteiger partial charge in [0, 0.05) is 43.0 Å². The Morgan fingerprint density at radius 1 is 1.36 bits per heavy atom. The Labute approximate surface area is 167 Å². The third kappa shape index (κ3) is 4.41. The lowest BCUT2D eigenvalue weighted by atomic mass is 10.2. The van der Waals surface area contributed by atoms with Crippen LogP contribution in [0.5, 0.6) is 0 Å². The number of benzene rings is 1. The molecule has 1 aliphatic rings. The van der Waals surface area contributed by atoms with Crippen LogP contribution >= 0.6 is 11.6 Å². The molecule has 1 saturated heterocycles. The van der Waals surface area contributed by atoms with Gasteiger partial charge in [0.25, 0.3) is 5.69 Å². The van der Waals surface area contributed by atoms with E-state index in [0.29, 0.717) is 37.7 Å². The van der Waals surface area contributed by atoms with Crippen LogP contribution in [0.15, 0.2) is 35.4 Å². The average Bonchev–Trinajstić information content (AvgIpc) is 2.69. The molecule has 0 aliphatic carbocycles. The molecule has 2 heterocycles. The predicted molar refractivity (Wildman–Crippen MR) is 104 cm³/mol. The van der Waals surface area contributed by atoms with Crippen LogP contribution in [0.3, 0.4) is 0 Å². The minimum Gasteiger partial charge on any atom is -0.378 e. The van der Waals surface area contributed by atoms with Crippen molar-refractivity contribution in [1.82, 2.24) is 9.71 Å². The first kappa shape index (κ1) is 20.5. The molecule has 0 saturated carbocycles. The summed E-state index contributed by atoms with van der Waals surface area (Å²) in [5, 5.41) is 11.2. The van der Waals surface area contributed by atoms with Crippen molar-refractivity contribution in [3.8, 4) is 0 Å². The van der Waals surface area contributed by atoms with Gasteiger partial charge in [-0.05, 0) is 19.1 Å². The molecule has 0 radical (unpaired) electrons. The van der Waals surface area contributed by atoms with Gasteiger partial charge in [-0.3, -0.25) is 10.1 Å².